The highest BCUT2D eigenvalue weighted by Gasteiger charge is 2.35. The largest absolute Gasteiger partial charge is 0.508 e. The van der Waals surface area contributed by atoms with Crippen molar-refractivity contribution in [1.29, 1.82) is 0 Å². The van der Waals surface area contributed by atoms with Gasteiger partial charge in [-0.1, -0.05) is 29.4 Å². The second kappa shape index (κ2) is 9.16. The maximum absolute atomic E-state index is 13.0. The monoisotopic (exact) mass is 424 g/mol. The summed E-state index contributed by atoms with van der Waals surface area (Å²) >= 11 is 0. The predicted molar refractivity (Wildman–Crippen MR) is 118 cm³/mol. The van der Waals surface area contributed by atoms with Crippen LogP contribution in [0.4, 0.5) is 0 Å². The number of ketones is 1. The Balaban J connectivity index is 1.87. The number of rotatable bonds is 6. The lowest BCUT2D eigenvalue weighted by atomic mass is 9.86. The van der Waals surface area contributed by atoms with Crippen LogP contribution in [-0.4, -0.2) is 32.8 Å². The van der Waals surface area contributed by atoms with Gasteiger partial charge in [-0.3, -0.25) is 4.79 Å². The van der Waals surface area contributed by atoms with Crippen LogP contribution >= 0.6 is 0 Å². The van der Waals surface area contributed by atoms with Crippen LogP contribution in [0.5, 0.6) is 28.7 Å². The molecular formula is C25H28O6. The first-order valence-electron chi connectivity index (χ1n) is 10.2. The zero-order valence-electron chi connectivity index (χ0n) is 18.0. The third-order valence-electron chi connectivity index (χ3n) is 5.45. The molecule has 0 saturated heterocycles. The molecule has 4 N–H and O–H groups in total. The summed E-state index contributed by atoms with van der Waals surface area (Å²) in [7, 11) is 0. The van der Waals surface area contributed by atoms with Gasteiger partial charge < -0.3 is 25.2 Å². The van der Waals surface area contributed by atoms with E-state index >= 15 is 0 Å². The van der Waals surface area contributed by atoms with Gasteiger partial charge in [-0.25, -0.2) is 0 Å². The number of phenols is 4. The van der Waals surface area contributed by atoms with E-state index in [2.05, 4.69) is 19.9 Å². The molecule has 0 aromatic heterocycles. The Morgan fingerprint density at radius 2 is 1.81 bits per heavy atom. The molecule has 0 aliphatic carbocycles. The summed E-state index contributed by atoms with van der Waals surface area (Å²) in [4.78, 5) is 13.0. The van der Waals surface area contributed by atoms with E-state index in [1.54, 1.807) is 0 Å². The molecule has 1 atom stereocenters. The van der Waals surface area contributed by atoms with Crippen molar-refractivity contribution in [3.63, 3.8) is 0 Å². The fourth-order valence-electron chi connectivity index (χ4n) is 3.70. The van der Waals surface area contributed by atoms with E-state index in [1.807, 2.05) is 13.0 Å². The number of carbonyl (C=O) groups is 1. The van der Waals surface area contributed by atoms with Gasteiger partial charge >= 0.3 is 0 Å². The molecule has 31 heavy (non-hydrogen) atoms. The van der Waals surface area contributed by atoms with Gasteiger partial charge in [0, 0.05) is 23.3 Å². The van der Waals surface area contributed by atoms with Crippen molar-refractivity contribution in [2.45, 2.75) is 46.0 Å². The van der Waals surface area contributed by atoms with Gasteiger partial charge in [-0.15, -0.1) is 0 Å². The zero-order valence-corrected chi connectivity index (χ0v) is 18.0. The van der Waals surface area contributed by atoms with Gasteiger partial charge in [0.1, 0.15) is 40.9 Å². The first-order chi connectivity index (χ1) is 14.7. The topological polar surface area (TPSA) is 107 Å². The summed E-state index contributed by atoms with van der Waals surface area (Å²) in [5.74, 6) is -1.94. The average Bonchev–Trinajstić information content (AvgIpc) is 2.68. The molecule has 0 spiro atoms. The molecule has 6 nitrogen and oxygen atoms in total. The molecule has 1 unspecified atom stereocenters. The smallest absolute Gasteiger partial charge is 0.181 e. The molecular weight excluding hydrogens is 396 g/mol. The Morgan fingerprint density at radius 1 is 1.06 bits per heavy atom. The lowest BCUT2D eigenvalue weighted by Gasteiger charge is -2.26. The highest BCUT2D eigenvalue weighted by molar-refractivity contribution is 6.06. The van der Waals surface area contributed by atoms with Crippen molar-refractivity contribution in [2.75, 3.05) is 6.61 Å². The van der Waals surface area contributed by atoms with Gasteiger partial charge in [0.2, 0.25) is 0 Å². The molecule has 6 heteroatoms. The Hall–Kier alpha value is -3.41. The minimum Gasteiger partial charge on any atom is -0.508 e. The van der Waals surface area contributed by atoms with Crippen LogP contribution in [0.25, 0.3) is 0 Å². The summed E-state index contributed by atoms with van der Waals surface area (Å²) in [5.41, 5.74) is 3.03. The molecule has 1 aliphatic heterocycles. The first-order valence-corrected chi connectivity index (χ1v) is 10.2. The lowest BCUT2D eigenvalue weighted by Crippen LogP contribution is -2.26. The summed E-state index contributed by atoms with van der Waals surface area (Å²) in [5, 5.41) is 40.9. The molecule has 2 aromatic rings. The van der Waals surface area contributed by atoms with Crippen LogP contribution in [0, 0.1) is 0 Å². The van der Waals surface area contributed by atoms with Gasteiger partial charge in [0.15, 0.2) is 5.78 Å². The maximum atomic E-state index is 13.0. The fraction of sp³-hybridized carbons (Fsp3) is 0.320. The number of carbonyl (C=O) groups excluding carboxylic acids is 1. The Morgan fingerprint density at radius 3 is 2.52 bits per heavy atom. The van der Waals surface area contributed by atoms with E-state index in [0.717, 1.165) is 24.5 Å². The number of aromatic hydroxyl groups is 4. The normalized spacial score (nSPS) is 15.9. The van der Waals surface area contributed by atoms with Crippen molar-refractivity contribution in [1.82, 2.24) is 0 Å². The number of phenolic OH excluding ortho intramolecular Hbond substituents is 4. The molecule has 1 aliphatic rings. The summed E-state index contributed by atoms with van der Waals surface area (Å²) in [6, 6.07) is 5.30. The number of fused-ring (bicyclic) bond motifs is 1. The van der Waals surface area contributed by atoms with Gasteiger partial charge in [0.25, 0.3) is 0 Å². The van der Waals surface area contributed by atoms with Crippen molar-refractivity contribution in [2.24, 2.45) is 0 Å². The molecule has 2 aromatic carbocycles. The van der Waals surface area contributed by atoms with E-state index in [0.29, 0.717) is 17.5 Å². The van der Waals surface area contributed by atoms with Crippen LogP contribution < -0.4 is 4.74 Å². The SMILES string of the molecule is CC(C)=CCCC(C)=CCc1c(O)ccc(C2COc3cc(O)cc(O)c3C2=O)c1O. The molecule has 0 bridgehead atoms. The van der Waals surface area contributed by atoms with Gasteiger partial charge in [-0.2, -0.15) is 0 Å². The Kier molecular flexibility index (Phi) is 6.59. The van der Waals surface area contributed by atoms with Gasteiger partial charge in [-0.05, 0) is 46.1 Å². The zero-order chi connectivity index (χ0) is 22.7. The van der Waals surface area contributed by atoms with E-state index in [9.17, 15) is 25.2 Å². The second-order valence-electron chi connectivity index (χ2n) is 8.14. The summed E-state index contributed by atoms with van der Waals surface area (Å²) < 4.78 is 5.58. The molecule has 1 heterocycles. The van der Waals surface area contributed by atoms with E-state index in [4.69, 9.17) is 4.74 Å². The van der Waals surface area contributed by atoms with Crippen LogP contribution in [0.2, 0.25) is 0 Å². The second-order valence-corrected chi connectivity index (χ2v) is 8.14. The minimum atomic E-state index is -0.843. The third kappa shape index (κ3) is 4.85. The quantitative estimate of drug-likeness (QED) is 0.481. The summed E-state index contributed by atoms with van der Waals surface area (Å²) in [6.07, 6.45) is 6.25. The highest BCUT2D eigenvalue weighted by atomic mass is 16.5. The van der Waals surface area contributed by atoms with Crippen molar-refractivity contribution < 1.29 is 30.0 Å². The molecule has 0 fully saturated rings. The average molecular weight is 424 g/mol. The summed E-state index contributed by atoms with van der Waals surface area (Å²) in [6.45, 7) is 6.06. The molecule has 3 rings (SSSR count). The number of ether oxygens (including phenoxy) is 1. The van der Waals surface area contributed by atoms with Crippen molar-refractivity contribution >= 4 is 5.78 Å². The predicted octanol–water partition coefficient (Wildman–Crippen LogP) is 5.10. The van der Waals surface area contributed by atoms with Crippen LogP contribution in [0.15, 0.2) is 47.6 Å². The number of benzene rings is 2. The molecule has 164 valence electrons. The minimum absolute atomic E-state index is 0.0295. The lowest BCUT2D eigenvalue weighted by molar-refractivity contribution is 0.0889. The van der Waals surface area contributed by atoms with Gasteiger partial charge in [0.05, 0.1) is 5.92 Å². The number of hydrogen-bond acceptors (Lipinski definition) is 6. The van der Waals surface area contributed by atoms with Crippen LogP contribution in [0.1, 0.15) is 61.0 Å². The van der Waals surface area contributed by atoms with Crippen molar-refractivity contribution in [3.05, 3.63) is 64.3 Å². The number of Topliss-reactive ketones (excluding diaryl/α,β-unsaturated/α-hetero) is 1. The molecule has 0 amide bonds. The Labute approximate surface area is 181 Å². The van der Waals surface area contributed by atoms with E-state index in [-0.39, 0.29) is 40.9 Å². The van der Waals surface area contributed by atoms with Crippen molar-refractivity contribution in [3.8, 4) is 28.7 Å². The third-order valence-corrected chi connectivity index (χ3v) is 5.45. The number of allylic oxidation sites excluding steroid dienone is 4. The number of hydrogen-bond donors (Lipinski definition) is 4. The molecule has 0 radical (unpaired) electrons. The van der Waals surface area contributed by atoms with E-state index in [1.165, 1.54) is 23.8 Å². The van der Waals surface area contributed by atoms with Crippen LogP contribution in [0.3, 0.4) is 0 Å². The first kappa shape index (κ1) is 22.3. The maximum Gasteiger partial charge on any atom is 0.181 e. The highest BCUT2D eigenvalue weighted by Crippen LogP contribution is 2.43. The van der Waals surface area contributed by atoms with Crippen LogP contribution in [-0.2, 0) is 6.42 Å². The standard InChI is InChI=1S/C25H28O6/c1-14(2)5-4-6-15(3)7-8-18-20(27)10-9-17(24(18)29)19-13-31-22-12-16(26)11-21(28)23(22)25(19)30/h5,7,9-12,19,26-29H,4,6,8,13H2,1-3H3. The molecule has 0 saturated carbocycles. The van der Waals surface area contributed by atoms with E-state index < -0.39 is 11.7 Å². The Bertz CT molecular complexity index is 1060. The fourth-order valence-corrected chi connectivity index (χ4v) is 3.70.